The fourth-order valence-electron chi connectivity index (χ4n) is 2.11. The molecule has 0 spiro atoms. The van der Waals surface area contributed by atoms with Crippen LogP contribution in [0.2, 0.25) is 0 Å². The summed E-state index contributed by atoms with van der Waals surface area (Å²) < 4.78 is 0. The first-order chi connectivity index (χ1) is 6.52. The molecule has 14 heavy (non-hydrogen) atoms. The number of hydrogen-bond donors (Lipinski definition) is 1. The Morgan fingerprint density at radius 2 is 2.00 bits per heavy atom. The second kappa shape index (κ2) is 5.10. The normalized spacial score (nSPS) is 29.1. The quantitative estimate of drug-likeness (QED) is 0.728. The molecule has 1 heterocycles. The van der Waals surface area contributed by atoms with Crippen molar-refractivity contribution in [2.24, 2.45) is 5.73 Å². The average Bonchev–Trinajstić information content (AvgIpc) is 2.16. The maximum absolute atomic E-state index is 5.93. The van der Waals surface area contributed by atoms with Crippen LogP contribution in [0.15, 0.2) is 0 Å². The van der Waals surface area contributed by atoms with Crippen molar-refractivity contribution in [1.29, 1.82) is 0 Å². The van der Waals surface area contributed by atoms with Crippen molar-refractivity contribution in [2.75, 3.05) is 27.2 Å². The van der Waals surface area contributed by atoms with Crippen LogP contribution < -0.4 is 5.73 Å². The topological polar surface area (TPSA) is 32.5 Å². The van der Waals surface area contributed by atoms with Crippen molar-refractivity contribution in [3.63, 3.8) is 0 Å². The van der Waals surface area contributed by atoms with Crippen LogP contribution in [0.3, 0.4) is 0 Å². The van der Waals surface area contributed by atoms with Crippen LogP contribution in [0, 0.1) is 0 Å². The molecular formula is C11H25N3. The van der Waals surface area contributed by atoms with Gasteiger partial charge in [0.2, 0.25) is 0 Å². The highest BCUT2D eigenvalue weighted by Crippen LogP contribution is 2.16. The minimum absolute atomic E-state index is 0.274. The van der Waals surface area contributed by atoms with Crippen molar-refractivity contribution in [2.45, 2.75) is 44.8 Å². The molecule has 3 atom stereocenters. The molecule has 1 rings (SSSR count). The van der Waals surface area contributed by atoms with Crippen LogP contribution in [0.25, 0.3) is 0 Å². The third-order valence-electron chi connectivity index (χ3n) is 3.50. The third-order valence-corrected chi connectivity index (χ3v) is 3.50. The van der Waals surface area contributed by atoms with Gasteiger partial charge >= 0.3 is 0 Å². The van der Waals surface area contributed by atoms with Crippen LogP contribution in [-0.4, -0.2) is 55.1 Å². The summed E-state index contributed by atoms with van der Waals surface area (Å²) in [6, 6.07) is 1.50. The molecule has 1 aliphatic heterocycles. The number of nitrogens with two attached hydrogens (primary N) is 1. The van der Waals surface area contributed by atoms with Gasteiger partial charge in [-0.25, -0.2) is 0 Å². The molecule has 0 aromatic heterocycles. The van der Waals surface area contributed by atoms with E-state index >= 15 is 0 Å². The summed E-state index contributed by atoms with van der Waals surface area (Å²) in [7, 11) is 4.34. The van der Waals surface area contributed by atoms with E-state index in [1.807, 2.05) is 0 Å². The van der Waals surface area contributed by atoms with Crippen LogP contribution in [0.4, 0.5) is 0 Å². The largest absolute Gasteiger partial charge is 0.327 e. The summed E-state index contributed by atoms with van der Waals surface area (Å²) in [4.78, 5) is 4.86. The first-order valence-electron chi connectivity index (χ1n) is 5.68. The molecule has 84 valence electrons. The standard InChI is InChI=1S/C11H25N3/c1-9(12)10(2)14-7-5-6-11(8-14)13(3)4/h9-11H,5-8,12H2,1-4H3. The summed E-state index contributed by atoms with van der Waals surface area (Å²) in [5, 5.41) is 0. The molecule has 3 nitrogen and oxygen atoms in total. The monoisotopic (exact) mass is 199 g/mol. The Morgan fingerprint density at radius 1 is 1.36 bits per heavy atom. The van der Waals surface area contributed by atoms with E-state index in [1.54, 1.807) is 0 Å². The molecule has 0 aliphatic carbocycles. The van der Waals surface area contributed by atoms with E-state index in [-0.39, 0.29) is 6.04 Å². The minimum atomic E-state index is 0.274. The maximum atomic E-state index is 5.93. The Balaban J connectivity index is 2.47. The van der Waals surface area contributed by atoms with Gasteiger partial charge in [0.05, 0.1) is 0 Å². The van der Waals surface area contributed by atoms with Gasteiger partial charge in [-0.3, -0.25) is 4.90 Å². The number of likely N-dealkylation sites (tertiary alicyclic amines) is 1. The second-order valence-corrected chi connectivity index (χ2v) is 4.85. The fourth-order valence-corrected chi connectivity index (χ4v) is 2.11. The Labute approximate surface area is 88.2 Å². The highest BCUT2D eigenvalue weighted by molar-refractivity contribution is 4.83. The second-order valence-electron chi connectivity index (χ2n) is 4.85. The molecular weight excluding hydrogens is 174 g/mol. The minimum Gasteiger partial charge on any atom is -0.327 e. The molecule has 1 aliphatic rings. The summed E-state index contributed by atoms with van der Waals surface area (Å²) >= 11 is 0. The van der Waals surface area contributed by atoms with Gasteiger partial charge in [-0.2, -0.15) is 0 Å². The van der Waals surface area contributed by atoms with Gasteiger partial charge < -0.3 is 10.6 Å². The van der Waals surface area contributed by atoms with Gasteiger partial charge in [-0.15, -0.1) is 0 Å². The zero-order valence-electron chi connectivity index (χ0n) is 10.0. The Morgan fingerprint density at radius 3 is 2.50 bits per heavy atom. The lowest BCUT2D eigenvalue weighted by Crippen LogP contribution is -2.52. The lowest BCUT2D eigenvalue weighted by molar-refractivity contribution is 0.0940. The molecule has 1 fully saturated rings. The number of rotatable bonds is 3. The van der Waals surface area contributed by atoms with Crippen molar-refractivity contribution < 1.29 is 0 Å². The van der Waals surface area contributed by atoms with Crippen molar-refractivity contribution in [1.82, 2.24) is 9.80 Å². The lowest BCUT2D eigenvalue weighted by atomic mass is 10.0. The molecule has 1 saturated heterocycles. The number of hydrogen-bond acceptors (Lipinski definition) is 3. The van der Waals surface area contributed by atoms with Crippen LogP contribution in [-0.2, 0) is 0 Å². The van der Waals surface area contributed by atoms with E-state index in [0.29, 0.717) is 12.1 Å². The SMILES string of the molecule is CC(N)C(C)N1CCCC(N(C)C)C1. The third kappa shape index (κ3) is 2.94. The van der Waals surface area contributed by atoms with Gasteiger partial charge in [0.15, 0.2) is 0 Å². The molecule has 3 unspecified atom stereocenters. The first-order valence-corrected chi connectivity index (χ1v) is 5.68. The van der Waals surface area contributed by atoms with Crippen LogP contribution in [0.5, 0.6) is 0 Å². The fraction of sp³-hybridized carbons (Fsp3) is 1.00. The van der Waals surface area contributed by atoms with Gasteiger partial charge in [-0.1, -0.05) is 0 Å². The summed E-state index contributed by atoms with van der Waals surface area (Å²) in [6.45, 7) is 6.73. The highest BCUT2D eigenvalue weighted by atomic mass is 15.2. The van der Waals surface area contributed by atoms with Crippen molar-refractivity contribution in [3.8, 4) is 0 Å². The smallest absolute Gasteiger partial charge is 0.0217 e. The molecule has 0 aromatic carbocycles. The van der Waals surface area contributed by atoms with E-state index in [4.69, 9.17) is 5.73 Å². The Bertz CT molecular complexity index is 162. The van der Waals surface area contributed by atoms with Crippen LogP contribution >= 0.6 is 0 Å². The molecule has 0 radical (unpaired) electrons. The predicted octanol–water partition coefficient (Wildman–Crippen LogP) is 0.748. The zero-order chi connectivity index (χ0) is 10.7. The first kappa shape index (κ1) is 12.0. The van der Waals surface area contributed by atoms with E-state index < -0.39 is 0 Å². The van der Waals surface area contributed by atoms with Gasteiger partial charge in [-0.05, 0) is 47.3 Å². The van der Waals surface area contributed by atoms with Gasteiger partial charge in [0.25, 0.3) is 0 Å². The van der Waals surface area contributed by atoms with Crippen molar-refractivity contribution >= 4 is 0 Å². The maximum Gasteiger partial charge on any atom is 0.0217 e. The summed E-state index contributed by atoms with van der Waals surface area (Å²) in [5.41, 5.74) is 5.93. The van der Waals surface area contributed by atoms with E-state index in [2.05, 4.69) is 37.7 Å². The Hall–Kier alpha value is -0.120. The van der Waals surface area contributed by atoms with Crippen LogP contribution in [0.1, 0.15) is 26.7 Å². The summed E-state index contributed by atoms with van der Waals surface area (Å²) in [6.07, 6.45) is 2.63. The predicted molar refractivity (Wildman–Crippen MR) is 61.4 cm³/mol. The van der Waals surface area contributed by atoms with Crippen molar-refractivity contribution in [3.05, 3.63) is 0 Å². The molecule has 0 bridgehead atoms. The number of nitrogens with zero attached hydrogens (tertiary/aromatic N) is 2. The van der Waals surface area contributed by atoms with Gasteiger partial charge in [0, 0.05) is 24.7 Å². The number of likely N-dealkylation sites (N-methyl/N-ethyl adjacent to an activating group) is 1. The summed E-state index contributed by atoms with van der Waals surface area (Å²) in [5.74, 6) is 0. The van der Waals surface area contributed by atoms with Gasteiger partial charge in [0.1, 0.15) is 0 Å². The molecule has 3 heteroatoms. The molecule has 2 N–H and O–H groups in total. The molecule has 0 saturated carbocycles. The highest BCUT2D eigenvalue weighted by Gasteiger charge is 2.25. The van der Waals surface area contributed by atoms with E-state index in [0.717, 1.165) is 0 Å². The Kier molecular flexibility index (Phi) is 4.35. The zero-order valence-corrected chi connectivity index (χ0v) is 10.0. The van der Waals surface area contributed by atoms with E-state index in [1.165, 1.54) is 25.9 Å². The molecule has 0 aromatic rings. The molecule has 0 amide bonds. The number of piperidine rings is 1. The lowest BCUT2D eigenvalue weighted by Gasteiger charge is -2.40. The van der Waals surface area contributed by atoms with E-state index in [9.17, 15) is 0 Å². The average molecular weight is 199 g/mol.